The molecule has 0 saturated carbocycles. The molecule has 3 nitrogen and oxygen atoms in total. The van der Waals surface area contributed by atoms with Crippen molar-refractivity contribution in [2.75, 3.05) is 17.8 Å². The molecular weight excluding hydrogens is 336 g/mol. The molecule has 2 aromatic rings. The Hall–Kier alpha value is -1.46. The van der Waals surface area contributed by atoms with Crippen LogP contribution in [0.1, 0.15) is 0 Å². The Morgan fingerprint density at radius 2 is 1.80 bits per heavy atom. The molecule has 1 amide bonds. The summed E-state index contributed by atoms with van der Waals surface area (Å²) in [6.45, 7) is 0. The molecule has 0 atom stereocenters. The molecule has 1 N–H and O–H groups in total. The molecule has 0 saturated heterocycles. The van der Waals surface area contributed by atoms with Crippen LogP contribution >= 0.6 is 27.7 Å². The second kappa shape index (κ2) is 7.36. The van der Waals surface area contributed by atoms with E-state index in [2.05, 4.69) is 21.4 Å². The molecule has 20 heavy (non-hydrogen) atoms. The van der Waals surface area contributed by atoms with E-state index in [0.717, 1.165) is 15.1 Å². The summed E-state index contributed by atoms with van der Waals surface area (Å²) in [4.78, 5) is 13.0. The first-order valence-electron chi connectivity index (χ1n) is 6.12. The fraction of sp³-hybridized carbons (Fsp3) is 0.133. The number of hydrogen-bond acceptors (Lipinski definition) is 3. The molecular formula is C15H15BrN2OS. The number of thioether (sulfide) groups is 1. The van der Waals surface area contributed by atoms with Gasteiger partial charge in [0, 0.05) is 16.4 Å². The average molecular weight is 351 g/mol. The third-order valence-electron chi connectivity index (χ3n) is 2.62. The minimum absolute atomic E-state index is 0.0238. The minimum Gasteiger partial charge on any atom is -0.289 e. The highest BCUT2D eigenvalue weighted by atomic mass is 79.9. The van der Waals surface area contributed by atoms with Crippen LogP contribution in [0.4, 0.5) is 5.69 Å². The zero-order valence-corrected chi connectivity index (χ0v) is 13.4. The molecule has 2 rings (SSSR count). The molecule has 0 heterocycles. The molecule has 0 fully saturated rings. The predicted octanol–water partition coefficient (Wildman–Crippen LogP) is 3.71. The van der Waals surface area contributed by atoms with Gasteiger partial charge in [0.2, 0.25) is 5.91 Å². The zero-order chi connectivity index (χ0) is 14.4. The molecule has 0 aliphatic carbocycles. The number of nitrogens with zero attached hydrogens (tertiary/aromatic N) is 1. The fourth-order valence-electron chi connectivity index (χ4n) is 1.62. The van der Waals surface area contributed by atoms with Crippen molar-refractivity contribution >= 4 is 39.3 Å². The van der Waals surface area contributed by atoms with E-state index in [1.807, 2.05) is 61.6 Å². The quantitative estimate of drug-likeness (QED) is 0.658. The van der Waals surface area contributed by atoms with E-state index in [1.165, 1.54) is 11.8 Å². The van der Waals surface area contributed by atoms with Crippen molar-refractivity contribution in [1.29, 1.82) is 0 Å². The van der Waals surface area contributed by atoms with Crippen LogP contribution in [0.15, 0.2) is 64.0 Å². The van der Waals surface area contributed by atoms with Crippen molar-refractivity contribution in [2.24, 2.45) is 0 Å². The summed E-state index contributed by atoms with van der Waals surface area (Å²) in [6.07, 6.45) is 0. The van der Waals surface area contributed by atoms with Crippen molar-refractivity contribution in [1.82, 2.24) is 5.43 Å². The summed E-state index contributed by atoms with van der Waals surface area (Å²) in [5.74, 6) is 0.364. The van der Waals surface area contributed by atoms with Crippen molar-refractivity contribution < 1.29 is 4.79 Å². The Bertz CT molecular complexity index is 560. The highest BCUT2D eigenvalue weighted by molar-refractivity contribution is 9.10. The van der Waals surface area contributed by atoms with Crippen LogP contribution in [-0.4, -0.2) is 18.7 Å². The maximum Gasteiger partial charge on any atom is 0.248 e. The summed E-state index contributed by atoms with van der Waals surface area (Å²) >= 11 is 4.90. The monoisotopic (exact) mass is 350 g/mol. The lowest BCUT2D eigenvalue weighted by Gasteiger charge is -2.20. The van der Waals surface area contributed by atoms with Crippen LogP contribution in [0.25, 0.3) is 0 Å². The van der Waals surface area contributed by atoms with Gasteiger partial charge in [0.15, 0.2) is 0 Å². The highest BCUT2D eigenvalue weighted by Crippen LogP contribution is 2.20. The van der Waals surface area contributed by atoms with E-state index in [9.17, 15) is 4.79 Å². The Morgan fingerprint density at radius 1 is 1.15 bits per heavy atom. The summed E-state index contributed by atoms with van der Waals surface area (Å²) in [6, 6.07) is 17.6. The van der Waals surface area contributed by atoms with Crippen LogP contribution in [-0.2, 0) is 4.79 Å². The molecule has 2 aromatic carbocycles. The first kappa shape index (κ1) is 14.9. The molecule has 0 radical (unpaired) electrons. The number of rotatable bonds is 5. The summed E-state index contributed by atoms with van der Waals surface area (Å²) in [5, 5.41) is 1.73. The average Bonchev–Trinajstić information content (AvgIpc) is 2.47. The Kier molecular flexibility index (Phi) is 5.49. The largest absolute Gasteiger partial charge is 0.289 e. The molecule has 0 bridgehead atoms. The number of benzene rings is 2. The van der Waals surface area contributed by atoms with Crippen molar-refractivity contribution in [3.05, 3.63) is 59.1 Å². The van der Waals surface area contributed by atoms with Crippen molar-refractivity contribution in [2.45, 2.75) is 4.90 Å². The summed E-state index contributed by atoms with van der Waals surface area (Å²) in [7, 11) is 1.83. The lowest BCUT2D eigenvalue weighted by atomic mass is 10.3. The molecule has 5 heteroatoms. The van der Waals surface area contributed by atoms with Gasteiger partial charge in [0.1, 0.15) is 0 Å². The summed E-state index contributed by atoms with van der Waals surface area (Å²) in [5.41, 5.74) is 3.80. The number of carbonyl (C=O) groups excluding carboxylic acids is 1. The molecule has 0 aromatic heterocycles. The van der Waals surface area contributed by atoms with Crippen LogP contribution in [0.5, 0.6) is 0 Å². The number of carbonyl (C=O) groups is 1. The maximum atomic E-state index is 11.9. The van der Waals surface area contributed by atoms with E-state index in [-0.39, 0.29) is 5.91 Å². The molecule has 0 spiro atoms. The van der Waals surface area contributed by atoms with E-state index in [0.29, 0.717) is 5.75 Å². The minimum atomic E-state index is -0.0238. The van der Waals surface area contributed by atoms with Crippen molar-refractivity contribution in [3.63, 3.8) is 0 Å². The number of hydrogen-bond donors (Lipinski definition) is 1. The third-order valence-corrected chi connectivity index (χ3v) is 4.16. The van der Waals surface area contributed by atoms with Crippen LogP contribution in [0.2, 0.25) is 0 Å². The van der Waals surface area contributed by atoms with Gasteiger partial charge in [-0.3, -0.25) is 15.2 Å². The number of hydrazine groups is 1. The van der Waals surface area contributed by atoms with E-state index < -0.39 is 0 Å². The Labute approximate surface area is 131 Å². The van der Waals surface area contributed by atoms with Gasteiger partial charge in [-0.1, -0.05) is 34.1 Å². The topological polar surface area (TPSA) is 32.3 Å². The second-order valence-corrected chi connectivity index (χ2v) is 6.14. The first-order valence-corrected chi connectivity index (χ1v) is 7.89. The fourth-order valence-corrected chi connectivity index (χ4v) is 2.57. The lowest BCUT2D eigenvalue weighted by Crippen LogP contribution is -2.40. The van der Waals surface area contributed by atoms with E-state index in [4.69, 9.17) is 0 Å². The first-order chi connectivity index (χ1) is 9.65. The lowest BCUT2D eigenvalue weighted by molar-refractivity contribution is -0.118. The van der Waals surface area contributed by atoms with Crippen LogP contribution < -0.4 is 10.4 Å². The van der Waals surface area contributed by atoms with Gasteiger partial charge in [-0.05, 0) is 36.4 Å². The van der Waals surface area contributed by atoms with Gasteiger partial charge >= 0.3 is 0 Å². The number of anilines is 1. The maximum absolute atomic E-state index is 11.9. The SMILES string of the molecule is CN(NC(=O)CSc1ccc(Br)cc1)c1ccccc1. The zero-order valence-electron chi connectivity index (χ0n) is 11.0. The Balaban J connectivity index is 1.82. The van der Waals surface area contributed by atoms with Gasteiger partial charge in [-0.15, -0.1) is 11.8 Å². The molecule has 104 valence electrons. The Morgan fingerprint density at radius 3 is 2.45 bits per heavy atom. The number of nitrogens with one attached hydrogen (secondary N) is 1. The number of para-hydroxylation sites is 1. The normalized spacial score (nSPS) is 10.1. The van der Waals surface area contributed by atoms with Gasteiger partial charge in [-0.2, -0.15) is 0 Å². The van der Waals surface area contributed by atoms with Gasteiger partial charge in [0.25, 0.3) is 0 Å². The van der Waals surface area contributed by atoms with Gasteiger partial charge < -0.3 is 0 Å². The van der Waals surface area contributed by atoms with Crippen LogP contribution in [0, 0.1) is 0 Å². The molecule has 0 aliphatic rings. The molecule has 0 unspecified atom stereocenters. The predicted molar refractivity (Wildman–Crippen MR) is 87.9 cm³/mol. The van der Waals surface area contributed by atoms with Gasteiger partial charge in [-0.25, -0.2) is 0 Å². The smallest absolute Gasteiger partial charge is 0.248 e. The van der Waals surface area contributed by atoms with Gasteiger partial charge in [0.05, 0.1) is 11.4 Å². The van der Waals surface area contributed by atoms with Crippen molar-refractivity contribution in [3.8, 4) is 0 Å². The third kappa shape index (κ3) is 4.58. The van der Waals surface area contributed by atoms with E-state index in [1.54, 1.807) is 5.01 Å². The van der Waals surface area contributed by atoms with Crippen LogP contribution in [0.3, 0.4) is 0 Å². The summed E-state index contributed by atoms with van der Waals surface area (Å²) < 4.78 is 1.04. The standard InChI is InChI=1S/C15H15BrN2OS/c1-18(13-5-3-2-4-6-13)17-15(19)11-20-14-9-7-12(16)8-10-14/h2-10H,11H2,1H3,(H,17,19). The van der Waals surface area contributed by atoms with E-state index >= 15 is 0 Å². The number of halogens is 1. The highest BCUT2D eigenvalue weighted by Gasteiger charge is 2.06. The molecule has 0 aliphatic heterocycles. The number of amides is 1. The second-order valence-electron chi connectivity index (χ2n) is 4.17.